The molecule has 0 fully saturated rings. The molecule has 5 nitrogen and oxygen atoms in total. The Hall–Kier alpha value is -2.82. The van der Waals surface area contributed by atoms with E-state index in [-0.39, 0.29) is 5.91 Å². The summed E-state index contributed by atoms with van der Waals surface area (Å²) in [6, 6.07) is 12.2. The summed E-state index contributed by atoms with van der Waals surface area (Å²) in [6.45, 7) is 7.90. The number of aliphatic imine (C=N–C) groups is 1. The quantitative estimate of drug-likeness (QED) is 0.598. The van der Waals surface area contributed by atoms with Crippen LogP contribution in [0.25, 0.3) is 0 Å². The second-order valence-electron chi connectivity index (χ2n) is 7.38. The first-order valence-electron chi connectivity index (χ1n) is 9.63. The molecule has 0 aromatic heterocycles. The Kier molecular flexibility index (Phi) is 7.61. The number of nitrogens with one attached hydrogen (secondary N) is 2. The van der Waals surface area contributed by atoms with E-state index >= 15 is 0 Å². The van der Waals surface area contributed by atoms with Crippen LogP contribution in [0, 0.1) is 20.8 Å². The normalized spacial score (nSPS) is 11.3. The van der Waals surface area contributed by atoms with Crippen LogP contribution in [-0.2, 0) is 13.0 Å². The topological polar surface area (TPSA) is 56.7 Å². The van der Waals surface area contributed by atoms with Crippen molar-refractivity contribution in [1.29, 1.82) is 0 Å². The van der Waals surface area contributed by atoms with Gasteiger partial charge in [-0.25, -0.2) is 0 Å². The van der Waals surface area contributed by atoms with Gasteiger partial charge in [0.1, 0.15) is 0 Å². The highest BCUT2D eigenvalue weighted by Crippen LogP contribution is 2.16. The van der Waals surface area contributed by atoms with Gasteiger partial charge in [0.15, 0.2) is 5.96 Å². The van der Waals surface area contributed by atoms with E-state index in [0.29, 0.717) is 0 Å². The van der Waals surface area contributed by atoms with Crippen LogP contribution >= 0.6 is 0 Å². The average Bonchev–Trinajstić information content (AvgIpc) is 2.65. The first-order chi connectivity index (χ1) is 13.3. The number of nitrogens with zero attached hydrogens (tertiary/aromatic N) is 2. The first kappa shape index (κ1) is 21.5. The lowest BCUT2D eigenvalue weighted by molar-refractivity contribution is 0.0827. The fourth-order valence-corrected chi connectivity index (χ4v) is 3.32. The van der Waals surface area contributed by atoms with Gasteiger partial charge in [0.05, 0.1) is 0 Å². The zero-order chi connectivity index (χ0) is 20.7. The predicted octanol–water partition coefficient (Wildman–Crippen LogP) is 3.22. The number of benzene rings is 2. The fraction of sp³-hybridized carbons (Fsp3) is 0.391. The first-order valence-corrected chi connectivity index (χ1v) is 9.63. The number of guanidine groups is 1. The monoisotopic (exact) mass is 380 g/mol. The van der Waals surface area contributed by atoms with Gasteiger partial charge in [0.2, 0.25) is 0 Å². The van der Waals surface area contributed by atoms with Crippen LogP contribution in [0.3, 0.4) is 0 Å². The summed E-state index contributed by atoms with van der Waals surface area (Å²) in [7, 11) is 5.31. The molecule has 0 atom stereocenters. The lowest BCUT2D eigenvalue weighted by atomic mass is 10.00. The Balaban J connectivity index is 1.90. The number of hydrogen-bond donors (Lipinski definition) is 2. The lowest BCUT2D eigenvalue weighted by Gasteiger charge is -2.16. The van der Waals surface area contributed by atoms with Crippen molar-refractivity contribution >= 4 is 11.9 Å². The van der Waals surface area contributed by atoms with Crippen molar-refractivity contribution in [2.45, 2.75) is 33.7 Å². The van der Waals surface area contributed by atoms with Crippen molar-refractivity contribution in [2.75, 3.05) is 27.7 Å². The molecule has 2 N–H and O–H groups in total. The van der Waals surface area contributed by atoms with Gasteiger partial charge in [-0.15, -0.1) is 0 Å². The van der Waals surface area contributed by atoms with Crippen LogP contribution < -0.4 is 10.6 Å². The summed E-state index contributed by atoms with van der Waals surface area (Å²) in [5.74, 6) is 0.802. The van der Waals surface area contributed by atoms with E-state index in [2.05, 4.69) is 48.5 Å². The van der Waals surface area contributed by atoms with Crippen molar-refractivity contribution in [3.05, 3.63) is 69.8 Å². The molecule has 0 saturated heterocycles. The molecule has 0 radical (unpaired) electrons. The van der Waals surface area contributed by atoms with Gasteiger partial charge >= 0.3 is 0 Å². The van der Waals surface area contributed by atoms with E-state index < -0.39 is 0 Å². The molecule has 0 aliphatic rings. The number of aryl methyl sites for hydroxylation is 3. The third-order valence-electron chi connectivity index (χ3n) is 4.78. The molecular formula is C23H32N4O. The lowest BCUT2D eigenvalue weighted by Crippen LogP contribution is -2.38. The molecule has 0 heterocycles. The fourth-order valence-electron chi connectivity index (χ4n) is 3.32. The van der Waals surface area contributed by atoms with Crippen molar-refractivity contribution < 1.29 is 4.79 Å². The van der Waals surface area contributed by atoms with Crippen LogP contribution in [0.1, 0.15) is 38.2 Å². The van der Waals surface area contributed by atoms with E-state index in [1.54, 1.807) is 26.0 Å². The maximum Gasteiger partial charge on any atom is 0.253 e. The molecule has 0 spiro atoms. The number of carbonyl (C=O) groups is 1. The van der Waals surface area contributed by atoms with E-state index in [0.717, 1.165) is 36.6 Å². The van der Waals surface area contributed by atoms with Crippen LogP contribution in [-0.4, -0.2) is 44.5 Å². The standard InChI is InChI=1S/C23H32N4O/c1-16-12-17(2)21(18(3)13-16)15-26-23(24-4)25-11-10-19-8-7-9-20(14-19)22(28)27(5)6/h7-9,12-14H,10-11,15H2,1-6H3,(H2,24,25,26). The second kappa shape index (κ2) is 9.93. The maximum atomic E-state index is 12.1. The van der Waals surface area contributed by atoms with Gasteiger partial charge in [0.25, 0.3) is 5.91 Å². The van der Waals surface area contributed by atoms with Crippen LogP contribution in [0.5, 0.6) is 0 Å². The number of carbonyl (C=O) groups excluding carboxylic acids is 1. The van der Waals surface area contributed by atoms with Gasteiger partial charge in [-0.3, -0.25) is 9.79 Å². The summed E-state index contributed by atoms with van der Waals surface area (Å²) in [6.07, 6.45) is 0.817. The molecule has 0 bridgehead atoms. The Bertz CT molecular complexity index is 832. The molecule has 0 aliphatic carbocycles. The summed E-state index contributed by atoms with van der Waals surface area (Å²) in [4.78, 5) is 18.0. The highest BCUT2D eigenvalue weighted by Gasteiger charge is 2.08. The highest BCUT2D eigenvalue weighted by atomic mass is 16.2. The Morgan fingerprint density at radius 3 is 2.32 bits per heavy atom. The summed E-state index contributed by atoms with van der Waals surface area (Å²) >= 11 is 0. The smallest absolute Gasteiger partial charge is 0.253 e. The van der Waals surface area contributed by atoms with Crippen molar-refractivity contribution in [3.8, 4) is 0 Å². The minimum Gasteiger partial charge on any atom is -0.356 e. The third kappa shape index (κ3) is 5.84. The third-order valence-corrected chi connectivity index (χ3v) is 4.78. The Morgan fingerprint density at radius 1 is 1.04 bits per heavy atom. The molecule has 28 heavy (non-hydrogen) atoms. The highest BCUT2D eigenvalue weighted by molar-refractivity contribution is 5.94. The van der Waals surface area contributed by atoms with Gasteiger partial charge in [-0.05, 0) is 61.6 Å². The van der Waals surface area contributed by atoms with Crippen LogP contribution in [0.2, 0.25) is 0 Å². The molecule has 0 unspecified atom stereocenters. The van der Waals surface area contributed by atoms with Gasteiger partial charge in [0, 0.05) is 39.8 Å². The molecule has 150 valence electrons. The summed E-state index contributed by atoms with van der Waals surface area (Å²) in [5.41, 5.74) is 7.03. The van der Waals surface area contributed by atoms with Crippen molar-refractivity contribution in [3.63, 3.8) is 0 Å². The van der Waals surface area contributed by atoms with Gasteiger partial charge < -0.3 is 15.5 Å². The predicted molar refractivity (Wildman–Crippen MR) is 117 cm³/mol. The largest absolute Gasteiger partial charge is 0.356 e. The van der Waals surface area contributed by atoms with Crippen LogP contribution in [0.4, 0.5) is 0 Å². The minimum absolute atomic E-state index is 0.0242. The Labute approximate surface area is 168 Å². The molecule has 2 aromatic carbocycles. The van der Waals surface area contributed by atoms with Gasteiger partial charge in [-0.1, -0.05) is 29.8 Å². The van der Waals surface area contributed by atoms with E-state index in [4.69, 9.17) is 0 Å². The summed E-state index contributed by atoms with van der Waals surface area (Å²) < 4.78 is 0. The average molecular weight is 381 g/mol. The zero-order valence-corrected chi connectivity index (χ0v) is 17.9. The number of hydrogen-bond acceptors (Lipinski definition) is 2. The zero-order valence-electron chi connectivity index (χ0n) is 17.9. The number of amides is 1. The molecule has 0 aliphatic heterocycles. The molecule has 0 saturated carbocycles. The summed E-state index contributed by atoms with van der Waals surface area (Å²) in [5, 5.41) is 6.75. The number of rotatable bonds is 6. The molecule has 5 heteroatoms. The molecule has 2 aromatic rings. The van der Waals surface area contributed by atoms with Crippen molar-refractivity contribution in [2.24, 2.45) is 4.99 Å². The molecule has 2 rings (SSSR count). The molecular weight excluding hydrogens is 348 g/mol. The maximum absolute atomic E-state index is 12.1. The SMILES string of the molecule is CN=C(NCCc1cccc(C(=O)N(C)C)c1)NCc1c(C)cc(C)cc1C. The molecule has 1 amide bonds. The van der Waals surface area contributed by atoms with E-state index in [9.17, 15) is 4.79 Å². The van der Waals surface area contributed by atoms with Crippen molar-refractivity contribution in [1.82, 2.24) is 15.5 Å². The second-order valence-corrected chi connectivity index (χ2v) is 7.38. The van der Waals surface area contributed by atoms with E-state index in [1.165, 1.54) is 22.3 Å². The minimum atomic E-state index is 0.0242. The Morgan fingerprint density at radius 2 is 1.71 bits per heavy atom. The van der Waals surface area contributed by atoms with Gasteiger partial charge in [-0.2, -0.15) is 0 Å². The van der Waals surface area contributed by atoms with Crippen LogP contribution in [0.15, 0.2) is 41.4 Å². The van der Waals surface area contributed by atoms with E-state index in [1.807, 2.05) is 24.3 Å².